The number of hydrogen-bond donors (Lipinski definition) is 0. The molecule has 16 heavy (non-hydrogen) atoms. The lowest BCUT2D eigenvalue weighted by atomic mass is 10.4. The molecule has 0 unspecified atom stereocenters. The highest BCUT2D eigenvalue weighted by atomic mass is 32.1. The summed E-state index contributed by atoms with van der Waals surface area (Å²) in [6.07, 6.45) is 1.88. The summed E-state index contributed by atoms with van der Waals surface area (Å²) in [5.74, 6) is 0.631. The number of thiazole rings is 1. The van der Waals surface area contributed by atoms with E-state index in [1.54, 1.807) is 18.3 Å². The third kappa shape index (κ3) is 1.46. The first-order chi connectivity index (χ1) is 7.74. The fraction of sp³-hybridized carbons (Fsp3) is 0.100. The van der Waals surface area contributed by atoms with Gasteiger partial charge in [-0.3, -0.25) is 4.79 Å². The normalized spacial score (nSPS) is 12.7. The monoisotopic (exact) mass is 249 g/mol. The van der Waals surface area contributed by atoms with Gasteiger partial charge in [-0.05, 0) is 24.4 Å². The molecule has 6 heteroatoms. The summed E-state index contributed by atoms with van der Waals surface area (Å²) in [5, 5.41) is 6.03. The SMILES string of the molecule is Cc1nc2s/c(=C/c3cccs3)c(=O)n2n1. The Hall–Kier alpha value is -1.53. The van der Waals surface area contributed by atoms with E-state index < -0.39 is 0 Å². The summed E-state index contributed by atoms with van der Waals surface area (Å²) >= 11 is 2.98. The number of fused-ring (bicyclic) bond motifs is 1. The average molecular weight is 249 g/mol. The second kappa shape index (κ2) is 3.50. The molecule has 0 saturated carbocycles. The molecule has 3 rings (SSSR count). The first-order valence-corrected chi connectivity index (χ1v) is 6.35. The van der Waals surface area contributed by atoms with Crippen molar-refractivity contribution in [3.8, 4) is 0 Å². The summed E-state index contributed by atoms with van der Waals surface area (Å²) in [5.41, 5.74) is -0.0889. The van der Waals surface area contributed by atoms with Gasteiger partial charge in [-0.25, -0.2) is 4.98 Å². The van der Waals surface area contributed by atoms with Crippen molar-refractivity contribution in [3.05, 3.63) is 43.1 Å². The predicted octanol–water partition coefficient (Wildman–Crippen LogP) is 1.07. The predicted molar refractivity (Wildman–Crippen MR) is 65.0 cm³/mol. The van der Waals surface area contributed by atoms with Crippen LogP contribution in [0.3, 0.4) is 0 Å². The molecule has 3 aromatic rings. The molecule has 0 aromatic carbocycles. The van der Waals surface area contributed by atoms with Gasteiger partial charge in [0.1, 0.15) is 5.82 Å². The van der Waals surface area contributed by atoms with Gasteiger partial charge in [-0.1, -0.05) is 17.4 Å². The lowest BCUT2D eigenvalue weighted by Crippen LogP contribution is -2.23. The highest BCUT2D eigenvalue weighted by Crippen LogP contribution is 2.09. The van der Waals surface area contributed by atoms with Crippen molar-refractivity contribution in [2.45, 2.75) is 6.92 Å². The van der Waals surface area contributed by atoms with Crippen molar-refractivity contribution >= 4 is 33.7 Å². The van der Waals surface area contributed by atoms with Crippen LogP contribution in [0.4, 0.5) is 0 Å². The number of thiophene rings is 1. The Labute approximate surface area is 98.5 Å². The molecule has 0 aliphatic heterocycles. The zero-order valence-corrected chi connectivity index (χ0v) is 10.0. The minimum Gasteiger partial charge on any atom is -0.266 e. The van der Waals surface area contributed by atoms with E-state index >= 15 is 0 Å². The van der Waals surface area contributed by atoms with Crippen LogP contribution in [0.1, 0.15) is 10.7 Å². The Balaban J connectivity index is 2.29. The van der Waals surface area contributed by atoms with Crippen LogP contribution in [0.15, 0.2) is 22.3 Å². The largest absolute Gasteiger partial charge is 0.291 e. The van der Waals surface area contributed by atoms with Crippen LogP contribution in [0.2, 0.25) is 0 Å². The van der Waals surface area contributed by atoms with E-state index in [9.17, 15) is 4.79 Å². The van der Waals surface area contributed by atoms with Gasteiger partial charge in [-0.2, -0.15) is 4.52 Å². The molecule has 80 valence electrons. The van der Waals surface area contributed by atoms with Crippen LogP contribution >= 0.6 is 22.7 Å². The standard InChI is InChI=1S/C10H7N3OS2/c1-6-11-10-13(12-6)9(14)8(16-10)5-7-3-2-4-15-7/h2-5H,1H3/b8-5+. The molecule has 0 fully saturated rings. The summed E-state index contributed by atoms with van der Waals surface area (Å²) in [4.78, 5) is 17.8. The number of hydrogen-bond acceptors (Lipinski definition) is 5. The number of rotatable bonds is 1. The maximum absolute atomic E-state index is 11.9. The molecule has 3 heterocycles. The Morgan fingerprint density at radius 2 is 2.38 bits per heavy atom. The van der Waals surface area contributed by atoms with E-state index in [1.807, 2.05) is 23.6 Å². The van der Waals surface area contributed by atoms with E-state index in [1.165, 1.54) is 15.9 Å². The second-order valence-corrected chi connectivity index (χ2v) is 5.27. The van der Waals surface area contributed by atoms with Crippen LogP contribution in [0.25, 0.3) is 11.0 Å². The fourth-order valence-electron chi connectivity index (χ4n) is 1.43. The smallest absolute Gasteiger partial charge is 0.266 e. The van der Waals surface area contributed by atoms with E-state index in [0.29, 0.717) is 15.3 Å². The van der Waals surface area contributed by atoms with Crippen molar-refractivity contribution in [2.24, 2.45) is 0 Å². The van der Waals surface area contributed by atoms with Crippen molar-refractivity contribution < 1.29 is 0 Å². The maximum atomic E-state index is 11.9. The lowest BCUT2D eigenvalue weighted by molar-refractivity contribution is 0.904. The summed E-state index contributed by atoms with van der Waals surface area (Å²) in [7, 11) is 0. The number of aryl methyl sites for hydroxylation is 1. The zero-order valence-electron chi connectivity index (χ0n) is 8.38. The molecule has 0 N–H and O–H groups in total. The second-order valence-electron chi connectivity index (χ2n) is 3.28. The molecule has 4 nitrogen and oxygen atoms in total. The summed E-state index contributed by atoms with van der Waals surface area (Å²) in [6.45, 7) is 1.78. The van der Waals surface area contributed by atoms with Gasteiger partial charge in [0.15, 0.2) is 0 Å². The summed E-state index contributed by atoms with van der Waals surface area (Å²) in [6, 6.07) is 3.94. The lowest BCUT2D eigenvalue weighted by Gasteiger charge is -1.78. The van der Waals surface area contributed by atoms with Crippen LogP contribution in [0.5, 0.6) is 0 Å². The van der Waals surface area contributed by atoms with E-state index in [2.05, 4.69) is 10.1 Å². The van der Waals surface area contributed by atoms with Crippen molar-refractivity contribution in [1.29, 1.82) is 0 Å². The van der Waals surface area contributed by atoms with Gasteiger partial charge in [0.25, 0.3) is 5.56 Å². The molecular formula is C10H7N3OS2. The topological polar surface area (TPSA) is 47.3 Å². The first-order valence-electron chi connectivity index (χ1n) is 4.65. The van der Waals surface area contributed by atoms with E-state index in [-0.39, 0.29) is 5.56 Å². The van der Waals surface area contributed by atoms with Crippen LogP contribution in [0, 0.1) is 6.92 Å². The number of aromatic nitrogens is 3. The van der Waals surface area contributed by atoms with Gasteiger partial charge in [0.2, 0.25) is 4.96 Å². The zero-order chi connectivity index (χ0) is 11.1. The van der Waals surface area contributed by atoms with Crippen molar-refractivity contribution in [2.75, 3.05) is 0 Å². The number of nitrogens with zero attached hydrogens (tertiary/aromatic N) is 3. The van der Waals surface area contributed by atoms with Crippen molar-refractivity contribution in [3.63, 3.8) is 0 Å². The Bertz CT molecular complexity index is 739. The van der Waals surface area contributed by atoms with Gasteiger partial charge < -0.3 is 0 Å². The third-order valence-electron chi connectivity index (χ3n) is 2.10. The van der Waals surface area contributed by atoms with Crippen molar-refractivity contribution in [1.82, 2.24) is 14.6 Å². The average Bonchev–Trinajstić information content (AvgIpc) is 2.90. The van der Waals surface area contributed by atoms with Gasteiger partial charge in [0.05, 0.1) is 4.53 Å². The van der Waals surface area contributed by atoms with Crippen LogP contribution in [-0.4, -0.2) is 14.6 Å². The minimum absolute atomic E-state index is 0.0889. The van der Waals surface area contributed by atoms with Gasteiger partial charge in [0, 0.05) is 4.88 Å². The highest BCUT2D eigenvalue weighted by Gasteiger charge is 2.07. The van der Waals surface area contributed by atoms with Gasteiger partial charge >= 0.3 is 0 Å². The molecule has 0 atom stereocenters. The van der Waals surface area contributed by atoms with Gasteiger partial charge in [-0.15, -0.1) is 16.4 Å². The molecule has 0 aliphatic carbocycles. The molecule has 3 aromatic heterocycles. The highest BCUT2D eigenvalue weighted by molar-refractivity contribution is 7.15. The van der Waals surface area contributed by atoms with Crippen LogP contribution < -0.4 is 10.1 Å². The Morgan fingerprint density at radius 3 is 3.06 bits per heavy atom. The fourth-order valence-corrected chi connectivity index (χ4v) is 3.11. The molecule has 0 bridgehead atoms. The molecule has 0 spiro atoms. The molecule has 0 amide bonds. The third-order valence-corrected chi connectivity index (χ3v) is 3.88. The Morgan fingerprint density at radius 1 is 1.50 bits per heavy atom. The minimum atomic E-state index is -0.0889. The molecule has 0 aliphatic rings. The molecule has 0 radical (unpaired) electrons. The summed E-state index contributed by atoms with van der Waals surface area (Å²) < 4.78 is 2.04. The Kier molecular flexibility index (Phi) is 2.12. The maximum Gasteiger partial charge on any atom is 0.291 e. The quantitative estimate of drug-likeness (QED) is 0.648. The molecular weight excluding hydrogens is 242 g/mol. The molecule has 0 saturated heterocycles. The first kappa shape index (κ1) is 9.68. The van der Waals surface area contributed by atoms with E-state index in [0.717, 1.165) is 4.88 Å². The van der Waals surface area contributed by atoms with Crippen LogP contribution in [-0.2, 0) is 0 Å². The van der Waals surface area contributed by atoms with E-state index in [4.69, 9.17) is 0 Å².